The highest BCUT2D eigenvalue weighted by molar-refractivity contribution is 7.13. The van der Waals surface area contributed by atoms with Crippen LogP contribution in [0.15, 0.2) is 60.1 Å². The van der Waals surface area contributed by atoms with Gasteiger partial charge in [-0.15, -0.1) is 0 Å². The molecule has 0 radical (unpaired) electrons. The number of hydrogen-bond acceptors (Lipinski definition) is 6. The van der Waals surface area contributed by atoms with Crippen molar-refractivity contribution >= 4 is 39.2 Å². The lowest BCUT2D eigenvalue weighted by Crippen LogP contribution is -2.16. The van der Waals surface area contributed by atoms with Gasteiger partial charge in [0.25, 0.3) is 5.91 Å². The van der Waals surface area contributed by atoms with E-state index >= 15 is 0 Å². The van der Waals surface area contributed by atoms with E-state index in [0.717, 1.165) is 28.1 Å². The van der Waals surface area contributed by atoms with Gasteiger partial charge < -0.3 is 4.57 Å². The maximum atomic E-state index is 12.6. The van der Waals surface area contributed by atoms with E-state index in [0.29, 0.717) is 18.9 Å². The number of carbonyl (C=O) groups is 1. The Hall–Kier alpha value is -3.59. The predicted octanol–water partition coefficient (Wildman–Crippen LogP) is 3.90. The van der Waals surface area contributed by atoms with Gasteiger partial charge in [0.05, 0.1) is 21.5 Å². The van der Waals surface area contributed by atoms with Gasteiger partial charge >= 0.3 is 5.00 Å². The highest BCUT2D eigenvalue weighted by Crippen LogP contribution is 2.25. The lowest BCUT2D eigenvalue weighted by molar-refractivity contribution is -0.380. The van der Waals surface area contributed by atoms with Gasteiger partial charge in [-0.05, 0) is 24.3 Å². The summed E-state index contributed by atoms with van der Waals surface area (Å²) < 4.78 is 1.92. The molecule has 0 saturated carbocycles. The molecule has 1 aromatic carbocycles. The predicted molar refractivity (Wildman–Crippen MR) is 107 cm³/mol. The van der Waals surface area contributed by atoms with E-state index in [-0.39, 0.29) is 10.6 Å². The standard InChI is InChI=1S/C19H15N5O3S/c25-18(13-11-17(24(26)27)28-12-13)22-19-21-15-6-1-2-7-16(15)23(19)10-8-14-5-3-4-9-20-14/h1-7,9,11-12H,8,10H2,(H,21,22,25). The number of thiophene rings is 1. The molecule has 0 aliphatic carbocycles. The molecule has 140 valence electrons. The van der Waals surface area contributed by atoms with Crippen LogP contribution in [0.2, 0.25) is 0 Å². The Morgan fingerprint density at radius 2 is 2.04 bits per heavy atom. The molecule has 4 rings (SSSR count). The summed E-state index contributed by atoms with van der Waals surface area (Å²) in [7, 11) is 0. The van der Waals surface area contributed by atoms with Crippen LogP contribution in [-0.4, -0.2) is 25.4 Å². The first-order valence-corrected chi connectivity index (χ1v) is 9.39. The molecule has 28 heavy (non-hydrogen) atoms. The number of carbonyl (C=O) groups excluding carboxylic acids is 1. The zero-order chi connectivity index (χ0) is 19.5. The first kappa shape index (κ1) is 17.8. The van der Waals surface area contributed by atoms with Crippen molar-refractivity contribution in [1.82, 2.24) is 14.5 Å². The molecule has 0 fully saturated rings. The van der Waals surface area contributed by atoms with Gasteiger partial charge in [-0.3, -0.25) is 25.2 Å². The molecule has 0 bridgehead atoms. The molecule has 1 N–H and O–H groups in total. The van der Waals surface area contributed by atoms with Crippen molar-refractivity contribution in [2.24, 2.45) is 0 Å². The van der Waals surface area contributed by atoms with E-state index in [9.17, 15) is 14.9 Å². The topological polar surface area (TPSA) is 103 Å². The van der Waals surface area contributed by atoms with E-state index in [1.54, 1.807) is 6.20 Å². The summed E-state index contributed by atoms with van der Waals surface area (Å²) in [5.41, 5.74) is 2.83. The summed E-state index contributed by atoms with van der Waals surface area (Å²) >= 11 is 0.918. The number of fused-ring (bicyclic) bond motifs is 1. The molecule has 0 aliphatic heterocycles. The number of nitrogens with zero attached hydrogens (tertiary/aromatic N) is 4. The highest BCUT2D eigenvalue weighted by atomic mass is 32.1. The molecule has 3 heterocycles. The van der Waals surface area contributed by atoms with Crippen LogP contribution in [0.25, 0.3) is 11.0 Å². The van der Waals surface area contributed by atoms with Gasteiger partial charge in [0.15, 0.2) is 0 Å². The number of nitro groups is 1. The SMILES string of the molecule is O=C(Nc1nc2ccccc2n1CCc1ccccn1)c1csc([N+](=O)[O-])c1. The molecule has 9 heteroatoms. The number of aromatic nitrogens is 3. The Balaban J connectivity index is 1.62. The fourth-order valence-electron chi connectivity index (χ4n) is 2.88. The van der Waals surface area contributed by atoms with E-state index in [2.05, 4.69) is 15.3 Å². The van der Waals surface area contributed by atoms with Crippen LogP contribution in [-0.2, 0) is 13.0 Å². The molecule has 0 aliphatic rings. The van der Waals surface area contributed by atoms with Crippen molar-refractivity contribution in [3.05, 3.63) is 81.5 Å². The van der Waals surface area contributed by atoms with Gasteiger partial charge in [0, 0.05) is 36.3 Å². The summed E-state index contributed by atoms with van der Waals surface area (Å²) in [6.07, 6.45) is 2.42. The van der Waals surface area contributed by atoms with Gasteiger partial charge in [-0.25, -0.2) is 4.98 Å². The normalized spacial score (nSPS) is 10.9. The lowest BCUT2D eigenvalue weighted by atomic mass is 10.2. The molecule has 0 spiro atoms. The third-order valence-electron chi connectivity index (χ3n) is 4.23. The Morgan fingerprint density at radius 1 is 1.21 bits per heavy atom. The van der Waals surface area contributed by atoms with Crippen LogP contribution in [0, 0.1) is 10.1 Å². The summed E-state index contributed by atoms with van der Waals surface area (Å²) in [6.45, 7) is 0.580. The zero-order valence-electron chi connectivity index (χ0n) is 14.6. The monoisotopic (exact) mass is 393 g/mol. The van der Waals surface area contributed by atoms with Crippen LogP contribution in [0.5, 0.6) is 0 Å². The number of para-hydroxylation sites is 2. The third-order valence-corrected chi connectivity index (χ3v) is 5.11. The first-order valence-electron chi connectivity index (χ1n) is 8.51. The quantitative estimate of drug-likeness (QED) is 0.395. The minimum Gasteiger partial charge on any atom is -0.310 e. The number of anilines is 1. The van der Waals surface area contributed by atoms with Crippen LogP contribution in [0.3, 0.4) is 0 Å². The Morgan fingerprint density at radius 3 is 2.79 bits per heavy atom. The van der Waals surface area contributed by atoms with Crippen molar-refractivity contribution in [1.29, 1.82) is 0 Å². The maximum absolute atomic E-state index is 12.6. The smallest absolute Gasteiger partial charge is 0.310 e. The molecule has 0 atom stereocenters. The van der Waals surface area contributed by atoms with Crippen molar-refractivity contribution < 1.29 is 9.72 Å². The van der Waals surface area contributed by atoms with Gasteiger partial charge in [0.1, 0.15) is 0 Å². The Bertz CT molecular complexity index is 1150. The minimum absolute atomic E-state index is 0.0752. The van der Waals surface area contributed by atoms with Crippen molar-refractivity contribution in [3.8, 4) is 0 Å². The largest absolute Gasteiger partial charge is 0.324 e. The summed E-state index contributed by atoms with van der Waals surface area (Å²) in [4.78, 5) is 31.7. The molecule has 0 saturated heterocycles. The molecular formula is C19H15N5O3S. The Labute approximate surface area is 163 Å². The average Bonchev–Trinajstić information content (AvgIpc) is 3.32. The zero-order valence-corrected chi connectivity index (χ0v) is 15.4. The van der Waals surface area contributed by atoms with Crippen LogP contribution >= 0.6 is 11.3 Å². The molecule has 4 aromatic rings. The number of pyridine rings is 1. The molecule has 1 amide bonds. The molecule has 3 aromatic heterocycles. The fourth-order valence-corrected chi connectivity index (χ4v) is 3.59. The number of aryl methyl sites for hydroxylation is 2. The minimum atomic E-state index is -0.510. The van der Waals surface area contributed by atoms with Crippen LogP contribution in [0.1, 0.15) is 16.1 Å². The second-order valence-electron chi connectivity index (χ2n) is 6.03. The third kappa shape index (κ3) is 3.60. The molecule has 0 unspecified atom stereocenters. The van der Waals surface area contributed by atoms with Crippen molar-refractivity contribution in [2.75, 3.05) is 5.32 Å². The fraction of sp³-hybridized carbons (Fsp3) is 0.105. The number of rotatable bonds is 6. The van der Waals surface area contributed by atoms with Crippen LogP contribution in [0.4, 0.5) is 10.9 Å². The van der Waals surface area contributed by atoms with E-state index in [1.807, 2.05) is 47.0 Å². The average molecular weight is 393 g/mol. The van der Waals surface area contributed by atoms with Crippen molar-refractivity contribution in [3.63, 3.8) is 0 Å². The van der Waals surface area contributed by atoms with Gasteiger partial charge in [0.2, 0.25) is 5.95 Å². The van der Waals surface area contributed by atoms with Gasteiger partial charge in [-0.1, -0.05) is 29.5 Å². The van der Waals surface area contributed by atoms with E-state index < -0.39 is 10.8 Å². The highest BCUT2D eigenvalue weighted by Gasteiger charge is 2.18. The summed E-state index contributed by atoms with van der Waals surface area (Å²) in [5, 5.41) is 15.0. The van der Waals surface area contributed by atoms with Gasteiger partial charge in [-0.2, -0.15) is 0 Å². The molecule has 8 nitrogen and oxygen atoms in total. The second kappa shape index (κ2) is 7.57. The Kier molecular flexibility index (Phi) is 4.81. The lowest BCUT2D eigenvalue weighted by Gasteiger charge is -2.09. The second-order valence-corrected chi connectivity index (χ2v) is 6.92. The van der Waals surface area contributed by atoms with Crippen LogP contribution < -0.4 is 5.32 Å². The maximum Gasteiger partial charge on any atom is 0.324 e. The number of amides is 1. The first-order chi connectivity index (χ1) is 13.6. The number of imidazole rings is 1. The number of nitrogens with one attached hydrogen (secondary N) is 1. The van der Waals surface area contributed by atoms with E-state index in [1.165, 1.54) is 11.4 Å². The molecular weight excluding hydrogens is 378 g/mol. The summed E-state index contributed by atoms with van der Waals surface area (Å²) in [6, 6.07) is 14.6. The van der Waals surface area contributed by atoms with E-state index in [4.69, 9.17) is 0 Å². The number of benzene rings is 1. The summed E-state index contributed by atoms with van der Waals surface area (Å²) in [5.74, 6) is -0.0327. The van der Waals surface area contributed by atoms with Crippen molar-refractivity contribution in [2.45, 2.75) is 13.0 Å². The number of hydrogen-bond donors (Lipinski definition) is 1.